The van der Waals surface area contributed by atoms with Gasteiger partial charge in [0.2, 0.25) is 15.9 Å². The van der Waals surface area contributed by atoms with Crippen molar-refractivity contribution in [3.63, 3.8) is 0 Å². The molecule has 0 saturated heterocycles. The zero-order valence-electron chi connectivity index (χ0n) is 20.0. The highest BCUT2D eigenvalue weighted by molar-refractivity contribution is 7.89. The zero-order chi connectivity index (χ0) is 25.4. The Hall–Kier alpha value is -3.76. The summed E-state index contributed by atoms with van der Waals surface area (Å²) in [5, 5.41) is 2.72. The standard InChI is InChI=1S/C25H28N2O7S/c1-31-19-10-12-21(23(14-19)33-3)26-25(28)17-27(16-18-8-6-5-7-9-18)35(29,30)20-11-13-22(32-2)24(15-20)34-4/h5-15H,16-17H2,1-4H3,(H,26,28). The molecule has 0 unspecified atom stereocenters. The second-order valence-electron chi connectivity index (χ2n) is 7.39. The number of hydrogen-bond donors (Lipinski definition) is 1. The normalized spacial score (nSPS) is 11.1. The van der Waals surface area contributed by atoms with Crippen molar-refractivity contribution in [2.75, 3.05) is 40.3 Å². The van der Waals surface area contributed by atoms with Gasteiger partial charge in [-0.05, 0) is 29.8 Å². The first-order valence-corrected chi connectivity index (χ1v) is 12.0. The smallest absolute Gasteiger partial charge is 0.243 e. The van der Waals surface area contributed by atoms with Crippen LogP contribution in [0, 0.1) is 0 Å². The highest BCUT2D eigenvalue weighted by atomic mass is 32.2. The fourth-order valence-electron chi connectivity index (χ4n) is 3.39. The predicted molar refractivity (Wildman–Crippen MR) is 132 cm³/mol. The van der Waals surface area contributed by atoms with E-state index in [2.05, 4.69) is 5.32 Å². The number of methoxy groups -OCH3 is 4. The van der Waals surface area contributed by atoms with E-state index in [1.807, 2.05) is 6.07 Å². The number of carbonyl (C=O) groups excluding carboxylic acids is 1. The molecule has 9 nitrogen and oxygen atoms in total. The van der Waals surface area contributed by atoms with Crippen LogP contribution >= 0.6 is 0 Å². The molecular formula is C25H28N2O7S. The van der Waals surface area contributed by atoms with Gasteiger partial charge in [-0.1, -0.05) is 30.3 Å². The number of anilines is 1. The van der Waals surface area contributed by atoms with Crippen LogP contribution in [0.3, 0.4) is 0 Å². The molecule has 0 aromatic heterocycles. The Balaban J connectivity index is 1.92. The Morgan fingerprint density at radius 2 is 1.49 bits per heavy atom. The molecule has 3 rings (SSSR count). The monoisotopic (exact) mass is 500 g/mol. The Morgan fingerprint density at radius 1 is 0.800 bits per heavy atom. The topological polar surface area (TPSA) is 103 Å². The molecule has 0 aliphatic carbocycles. The van der Waals surface area contributed by atoms with Crippen LogP contribution in [0.1, 0.15) is 5.56 Å². The number of carbonyl (C=O) groups is 1. The molecule has 0 aliphatic heterocycles. The van der Waals surface area contributed by atoms with Gasteiger partial charge < -0.3 is 24.3 Å². The van der Waals surface area contributed by atoms with E-state index in [1.54, 1.807) is 42.5 Å². The number of hydrogen-bond acceptors (Lipinski definition) is 7. The molecule has 10 heteroatoms. The van der Waals surface area contributed by atoms with Gasteiger partial charge in [-0.3, -0.25) is 4.79 Å². The maximum Gasteiger partial charge on any atom is 0.243 e. The lowest BCUT2D eigenvalue weighted by molar-refractivity contribution is -0.116. The number of sulfonamides is 1. The summed E-state index contributed by atoms with van der Waals surface area (Å²) in [7, 11) is 1.79. The molecule has 3 aromatic carbocycles. The number of rotatable bonds is 11. The molecule has 0 aliphatic rings. The zero-order valence-corrected chi connectivity index (χ0v) is 20.8. The van der Waals surface area contributed by atoms with Crippen LogP contribution in [0.15, 0.2) is 71.6 Å². The van der Waals surface area contributed by atoms with Gasteiger partial charge in [-0.25, -0.2) is 8.42 Å². The molecule has 35 heavy (non-hydrogen) atoms. The van der Waals surface area contributed by atoms with Gasteiger partial charge >= 0.3 is 0 Å². The van der Waals surface area contributed by atoms with E-state index in [4.69, 9.17) is 18.9 Å². The van der Waals surface area contributed by atoms with Crippen molar-refractivity contribution in [2.45, 2.75) is 11.4 Å². The van der Waals surface area contributed by atoms with Crippen molar-refractivity contribution in [3.8, 4) is 23.0 Å². The van der Waals surface area contributed by atoms with Crippen LogP contribution in [0.4, 0.5) is 5.69 Å². The molecule has 0 atom stereocenters. The van der Waals surface area contributed by atoms with E-state index in [1.165, 1.54) is 46.6 Å². The highest BCUT2D eigenvalue weighted by Crippen LogP contribution is 2.32. The van der Waals surface area contributed by atoms with Crippen molar-refractivity contribution in [1.29, 1.82) is 0 Å². The summed E-state index contributed by atoms with van der Waals surface area (Å²) in [6.45, 7) is -0.439. The van der Waals surface area contributed by atoms with E-state index in [9.17, 15) is 13.2 Å². The largest absolute Gasteiger partial charge is 0.497 e. The average Bonchev–Trinajstić information content (AvgIpc) is 2.88. The summed E-state index contributed by atoms with van der Waals surface area (Å²) >= 11 is 0. The fourth-order valence-corrected chi connectivity index (χ4v) is 4.79. The van der Waals surface area contributed by atoms with Gasteiger partial charge in [0, 0.05) is 18.7 Å². The third kappa shape index (κ3) is 6.23. The SMILES string of the molecule is COc1ccc(NC(=O)CN(Cc2ccccc2)S(=O)(=O)c2ccc(OC)c(OC)c2)c(OC)c1. The van der Waals surface area contributed by atoms with Crippen LogP contribution in [0.25, 0.3) is 0 Å². The minimum Gasteiger partial charge on any atom is -0.497 e. The van der Waals surface area contributed by atoms with Crippen LogP contribution in [-0.4, -0.2) is 53.6 Å². The number of benzene rings is 3. The summed E-state index contributed by atoms with van der Waals surface area (Å²) in [5.41, 5.74) is 1.12. The Bertz CT molecular complexity index is 1260. The third-order valence-electron chi connectivity index (χ3n) is 5.20. The lowest BCUT2D eigenvalue weighted by atomic mass is 10.2. The quantitative estimate of drug-likeness (QED) is 0.429. The van der Waals surface area contributed by atoms with Crippen LogP contribution in [0.2, 0.25) is 0 Å². The van der Waals surface area contributed by atoms with E-state index in [-0.39, 0.29) is 17.2 Å². The summed E-state index contributed by atoms with van der Waals surface area (Å²) in [6, 6.07) is 18.2. The molecule has 0 radical (unpaired) electrons. The Labute approximate surface area is 205 Å². The molecule has 0 spiro atoms. The molecule has 3 aromatic rings. The molecule has 186 valence electrons. The van der Waals surface area contributed by atoms with Crippen molar-refractivity contribution in [2.24, 2.45) is 0 Å². The van der Waals surface area contributed by atoms with Crippen LogP contribution in [0.5, 0.6) is 23.0 Å². The van der Waals surface area contributed by atoms with Gasteiger partial charge in [-0.2, -0.15) is 4.31 Å². The fraction of sp³-hybridized carbons (Fsp3) is 0.240. The van der Waals surface area contributed by atoms with Crippen molar-refractivity contribution in [1.82, 2.24) is 4.31 Å². The van der Waals surface area contributed by atoms with Gasteiger partial charge in [-0.15, -0.1) is 0 Å². The lowest BCUT2D eigenvalue weighted by Gasteiger charge is -2.23. The van der Waals surface area contributed by atoms with Gasteiger partial charge in [0.1, 0.15) is 11.5 Å². The molecule has 0 bridgehead atoms. The first-order chi connectivity index (χ1) is 16.8. The predicted octanol–water partition coefficient (Wildman–Crippen LogP) is 3.55. The summed E-state index contributed by atoms with van der Waals surface area (Å²) in [4.78, 5) is 13.0. The average molecular weight is 501 g/mol. The minimum absolute atomic E-state index is 0.00924. The Morgan fingerprint density at radius 3 is 2.11 bits per heavy atom. The van der Waals surface area contributed by atoms with E-state index in [0.29, 0.717) is 22.9 Å². The Kier molecular flexibility index (Phi) is 8.56. The summed E-state index contributed by atoms with van der Waals surface area (Å²) in [6.07, 6.45) is 0. The number of ether oxygens (including phenoxy) is 4. The number of nitrogens with zero attached hydrogens (tertiary/aromatic N) is 1. The minimum atomic E-state index is -4.08. The maximum atomic E-state index is 13.6. The molecular weight excluding hydrogens is 472 g/mol. The molecule has 1 N–H and O–H groups in total. The van der Waals surface area contributed by atoms with Gasteiger partial charge in [0.25, 0.3) is 0 Å². The van der Waals surface area contributed by atoms with Gasteiger partial charge in [0.15, 0.2) is 11.5 Å². The van der Waals surface area contributed by atoms with E-state index < -0.39 is 22.5 Å². The third-order valence-corrected chi connectivity index (χ3v) is 6.98. The van der Waals surface area contributed by atoms with Gasteiger partial charge in [0.05, 0.1) is 45.6 Å². The second-order valence-corrected chi connectivity index (χ2v) is 9.33. The number of amides is 1. The lowest BCUT2D eigenvalue weighted by Crippen LogP contribution is -2.37. The van der Waals surface area contributed by atoms with Crippen LogP contribution in [-0.2, 0) is 21.4 Å². The van der Waals surface area contributed by atoms with E-state index in [0.717, 1.165) is 9.87 Å². The second kappa shape index (κ2) is 11.6. The van der Waals surface area contributed by atoms with Crippen LogP contribution < -0.4 is 24.3 Å². The molecule has 0 heterocycles. The molecule has 1 amide bonds. The first-order valence-electron chi connectivity index (χ1n) is 10.6. The highest BCUT2D eigenvalue weighted by Gasteiger charge is 2.28. The number of nitrogens with one attached hydrogen (secondary N) is 1. The van der Waals surface area contributed by atoms with Crippen molar-refractivity contribution >= 4 is 21.6 Å². The van der Waals surface area contributed by atoms with Crippen molar-refractivity contribution in [3.05, 3.63) is 72.3 Å². The first kappa shape index (κ1) is 25.9. The maximum absolute atomic E-state index is 13.6. The summed E-state index contributed by atoms with van der Waals surface area (Å²) < 4.78 is 49.3. The summed E-state index contributed by atoms with van der Waals surface area (Å²) in [5.74, 6) is 1.07. The molecule has 0 saturated carbocycles. The van der Waals surface area contributed by atoms with Crippen molar-refractivity contribution < 1.29 is 32.2 Å². The molecule has 0 fully saturated rings. The van der Waals surface area contributed by atoms with E-state index >= 15 is 0 Å².